The topological polar surface area (TPSA) is 180 Å². The molecule has 0 radical (unpaired) electrons. The third kappa shape index (κ3) is 4.78. The molecule has 2 spiro atoms. The van der Waals surface area contributed by atoms with E-state index in [1.165, 1.54) is 0 Å². The molecule has 0 aromatic heterocycles. The molecular weight excluding hydrogens is 592 g/mol. The van der Waals surface area contributed by atoms with Crippen LogP contribution in [-0.4, -0.2) is 108 Å². The van der Waals surface area contributed by atoms with Gasteiger partial charge in [-0.3, -0.25) is 0 Å². The molecule has 266 valence electrons. The Morgan fingerprint density at radius 2 is 1.57 bits per heavy atom. The van der Waals surface area contributed by atoms with Crippen molar-refractivity contribution in [1.82, 2.24) is 0 Å². The third-order valence-electron chi connectivity index (χ3n) is 15.6. The molecule has 1 aliphatic heterocycles. The summed E-state index contributed by atoms with van der Waals surface area (Å²) in [6.45, 7) is 13.9. The highest BCUT2D eigenvalue weighted by Crippen LogP contribution is 2.89. The van der Waals surface area contributed by atoms with E-state index in [9.17, 15) is 40.9 Å². The number of aliphatic hydroxyl groups is 8. The number of ether oxygens (including phenoxy) is 2. The maximum Gasteiger partial charge on any atom is 0.186 e. The van der Waals surface area contributed by atoms with Gasteiger partial charge in [0.15, 0.2) is 6.29 Å². The van der Waals surface area contributed by atoms with E-state index in [0.29, 0.717) is 32.1 Å². The lowest BCUT2D eigenvalue weighted by Crippen LogP contribution is -2.64. The van der Waals surface area contributed by atoms with Crippen LogP contribution in [0.1, 0.15) is 106 Å². The second-order valence-corrected chi connectivity index (χ2v) is 18.4. The minimum Gasteiger partial charge on any atom is -0.394 e. The molecule has 10 heteroatoms. The van der Waals surface area contributed by atoms with Gasteiger partial charge in [-0.05, 0) is 122 Å². The Balaban J connectivity index is 1.33. The normalized spacial score (nSPS) is 54.2. The lowest BCUT2D eigenvalue weighted by Gasteiger charge is -2.65. The lowest BCUT2D eigenvalue weighted by molar-refractivity contribution is -0.331. The average Bonchev–Trinajstić information content (AvgIpc) is 3.57. The van der Waals surface area contributed by atoms with E-state index in [1.54, 1.807) is 13.8 Å². The number of hydrogen-bond acceptors (Lipinski definition) is 10. The van der Waals surface area contributed by atoms with E-state index in [2.05, 4.69) is 34.6 Å². The highest BCUT2D eigenvalue weighted by Gasteiger charge is 2.84. The van der Waals surface area contributed by atoms with Crippen molar-refractivity contribution in [3.63, 3.8) is 0 Å². The molecule has 5 saturated carbocycles. The van der Waals surface area contributed by atoms with Crippen LogP contribution in [0.15, 0.2) is 0 Å². The van der Waals surface area contributed by atoms with E-state index in [4.69, 9.17) is 9.47 Å². The molecule has 6 aliphatic rings. The Hall–Kier alpha value is -0.400. The molecule has 1 saturated heterocycles. The van der Waals surface area contributed by atoms with Crippen LogP contribution < -0.4 is 0 Å². The zero-order valence-electron chi connectivity index (χ0n) is 29.0. The predicted molar refractivity (Wildman–Crippen MR) is 169 cm³/mol. The van der Waals surface area contributed by atoms with Crippen molar-refractivity contribution in [2.75, 3.05) is 6.61 Å². The first-order chi connectivity index (χ1) is 21.2. The summed E-state index contributed by atoms with van der Waals surface area (Å²) in [7, 11) is 0. The molecule has 0 bridgehead atoms. The quantitative estimate of drug-likeness (QED) is 0.181. The molecule has 6 fully saturated rings. The van der Waals surface area contributed by atoms with Crippen molar-refractivity contribution in [3.8, 4) is 0 Å². The van der Waals surface area contributed by atoms with Gasteiger partial charge in [0, 0.05) is 0 Å². The largest absolute Gasteiger partial charge is 0.394 e. The summed E-state index contributed by atoms with van der Waals surface area (Å²) < 4.78 is 12.6. The van der Waals surface area contributed by atoms with Gasteiger partial charge in [0.1, 0.15) is 24.4 Å². The van der Waals surface area contributed by atoms with Gasteiger partial charge in [-0.1, -0.05) is 34.6 Å². The SMILES string of the molecule is C[C@H](CC[C@H](O)C(C)(C)O)[C@H]1[C@@H](O)C[C@@]2(C)[C@@H]3C[C@H](O[C@@H]4O[C@H](CO)[C@@H](O)[C@H](O)[C@H]4O)[C@H]4C(C)(C)[C@@H](O)CC[C@@]45C[C@@]35CC[C@]12C. The smallest absolute Gasteiger partial charge is 0.186 e. The summed E-state index contributed by atoms with van der Waals surface area (Å²) in [5.74, 6) is 0.363. The van der Waals surface area contributed by atoms with Gasteiger partial charge in [-0.25, -0.2) is 0 Å². The molecule has 0 unspecified atom stereocenters. The molecule has 0 aromatic rings. The second-order valence-electron chi connectivity index (χ2n) is 18.4. The number of aliphatic hydroxyl groups excluding tert-OH is 7. The molecule has 46 heavy (non-hydrogen) atoms. The summed E-state index contributed by atoms with van der Waals surface area (Å²) in [5, 5.41) is 85.9. The Morgan fingerprint density at radius 3 is 2.20 bits per heavy atom. The predicted octanol–water partition coefficient (Wildman–Crippen LogP) is 2.10. The average molecular weight is 655 g/mol. The summed E-state index contributed by atoms with van der Waals surface area (Å²) in [5.41, 5.74) is -2.04. The van der Waals surface area contributed by atoms with E-state index in [1.807, 2.05) is 0 Å². The van der Waals surface area contributed by atoms with E-state index in [0.717, 1.165) is 25.7 Å². The van der Waals surface area contributed by atoms with Gasteiger partial charge < -0.3 is 50.3 Å². The minimum absolute atomic E-state index is 0.0234. The highest BCUT2D eigenvalue weighted by atomic mass is 16.7. The molecule has 0 aromatic carbocycles. The van der Waals surface area contributed by atoms with Crippen LogP contribution in [0.25, 0.3) is 0 Å². The molecule has 5 aliphatic carbocycles. The molecule has 10 nitrogen and oxygen atoms in total. The Morgan fingerprint density at radius 1 is 0.891 bits per heavy atom. The molecule has 8 N–H and O–H groups in total. The fraction of sp³-hybridized carbons (Fsp3) is 1.00. The second kappa shape index (κ2) is 11.3. The van der Waals surface area contributed by atoms with Crippen LogP contribution in [0.2, 0.25) is 0 Å². The zero-order valence-corrected chi connectivity index (χ0v) is 29.0. The van der Waals surface area contributed by atoms with Crippen molar-refractivity contribution < 1.29 is 50.3 Å². The van der Waals surface area contributed by atoms with Crippen molar-refractivity contribution in [1.29, 1.82) is 0 Å². The molecule has 17 atom stereocenters. The van der Waals surface area contributed by atoms with E-state index >= 15 is 0 Å². The zero-order chi connectivity index (χ0) is 34.0. The first kappa shape index (κ1) is 35.4. The van der Waals surface area contributed by atoms with Gasteiger partial charge in [0.25, 0.3) is 0 Å². The standard InChI is InChI=1S/C36H62O10/c1-18(8-9-24(40)32(4,5)44)25-19(38)15-34(7)22-14-20(45-30-28(43)27(42)26(41)21(16-37)46-30)29-31(2,3)23(39)10-11-36(29)17-35(22,36)13-12-33(25,34)6/h18-30,37-44H,8-17H2,1-7H3/t18-,19+,20+,21-,22+,23+,24+,25+,26-,27+,28-,29+,30-,33-,34+,35+,36-/m1/s1. The molecule has 0 amide bonds. The Kier molecular flexibility index (Phi) is 8.71. The summed E-state index contributed by atoms with van der Waals surface area (Å²) in [4.78, 5) is 0. The first-order valence-electron chi connectivity index (χ1n) is 17.9. The lowest BCUT2D eigenvalue weighted by atomic mass is 9.41. The summed E-state index contributed by atoms with van der Waals surface area (Å²) in [6.07, 6.45) is -1.90. The van der Waals surface area contributed by atoms with Crippen molar-refractivity contribution in [2.45, 2.75) is 167 Å². The van der Waals surface area contributed by atoms with E-state index in [-0.39, 0.29) is 45.3 Å². The Bertz CT molecular complexity index is 1140. The van der Waals surface area contributed by atoms with Gasteiger partial charge in [0.05, 0.1) is 36.6 Å². The van der Waals surface area contributed by atoms with Crippen LogP contribution in [0.5, 0.6) is 0 Å². The van der Waals surface area contributed by atoms with Crippen LogP contribution in [-0.2, 0) is 9.47 Å². The van der Waals surface area contributed by atoms with Crippen LogP contribution in [0, 0.1) is 50.7 Å². The van der Waals surface area contributed by atoms with Gasteiger partial charge in [-0.15, -0.1) is 0 Å². The van der Waals surface area contributed by atoms with Gasteiger partial charge >= 0.3 is 0 Å². The maximum absolute atomic E-state index is 11.8. The van der Waals surface area contributed by atoms with Crippen molar-refractivity contribution >= 4 is 0 Å². The van der Waals surface area contributed by atoms with Crippen LogP contribution in [0.3, 0.4) is 0 Å². The van der Waals surface area contributed by atoms with Gasteiger partial charge in [0.2, 0.25) is 0 Å². The first-order valence-corrected chi connectivity index (χ1v) is 17.9. The number of rotatable bonds is 8. The number of fused-ring (bicyclic) bond motifs is 2. The van der Waals surface area contributed by atoms with Crippen LogP contribution in [0.4, 0.5) is 0 Å². The Labute approximate surface area is 274 Å². The van der Waals surface area contributed by atoms with Crippen molar-refractivity contribution in [3.05, 3.63) is 0 Å². The highest BCUT2D eigenvalue weighted by molar-refractivity contribution is 5.32. The monoisotopic (exact) mass is 654 g/mol. The van der Waals surface area contributed by atoms with Crippen LogP contribution >= 0.6 is 0 Å². The number of hydrogen-bond donors (Lipinski definition) is 8. The van der Waals surface area contributed by atoms with E-state index < -0.39 is 72.7 Å². The molecular formula is C36H62O10. The molecule has 6 rings (SSSR count). The summed E-state index contributed by atoms with van der Waals surface area (Å²) >= 11 is 0. The third-order valence-corrected chi connectivity index (χ3v) is 15.6. The fourth-order valence-electron chi connectivity index (χ4n) is 12.9. The minimum atomic E-state index is -1.53. The maximum atomic E-state index is 11.8. The molecule has 1 heterocycles. The summed E-state index contributed by atoms with van der Waals surface area (Å²) in [6, 6.07) is 0. The fourth-order valence-corrected chi connectivity index (χ4v) is 12.9. The van der Waals surface area contributed by atoms with Crippen molar-refractivity contribution in [2.24, 2.45) is 50.7 Å². The van der Waals surface area contributed by atoms with Gasteiger partial charge in [-0.2, -0.15) is 0 Å².